The van der Waals surface area contributed by atoms with E-state index in [1.54, 1.807) is 31.2 Å². The first-order valence-electron chi connectivity index (χ1n) is 7.29. The van der Waals surface area contributed by atoms with Crippen LogP contribution in [0.1, 0.15) is 16.8 Å². The van der Waals surface area contributed by atoms with Crippen LogP contribution in [0.15, 0.2) is 33.8 Å². The summed E-state index contributed by atoms with van der Waals surface area (Å²) in [5, 5.41) is 9.24. The summed E-state index contributed by atoms with van der Waals surface area (Å²) < 4.78 is 38.7. The molecule has 25 heavy (non-hydrogen) atoms. The van der Waals surface area contributed by atoms with Crippen molar-refractivity contribution in [3.05, 3.63) is 45.6 Å². The second kappa shape index (κ2) is 8.13. The Labute approximate surface area is 155 Å². The first-order chi connectivity index (χ1) is 11.8. The number of nitrogens with zero attached hydrogens (tertiary/aromatic N) is 1. The van der Waals surface area contributed by atoms with Crippen LogP contribution >= 0.6 is 15.9 Å². The van der Waals surface area contributed by atoms with Crippen molar-refractivity contribution < 1.29 is 23.0 Å². The number of sulfonamides is 1. The Morgan fingerprint density at radius 2 is 1.92 bits per heavy atom. The largest absolute Gasteiger partial charge is 0.497 e. The summed E-state index contributed by atoms with van der Waals surface area (Å²) in [5.41, 5.74) is 1.37. The zero-order valence-electron chi connectivity index (χ0n) is 14.0. The molecule has 2 aromatic rings. The molecule has 0 aliphatic rings. The molecular formula is C16H19BrN2O5S. The van der Waals surface area contributed by atoms with Crippen molar-refractivity contribution in [1.82, 2.24) is 9.71 Å². The highest BCUT2D eigenvalue weighted by atomic mass is 79.9. The van der Waals surface area contributed by atoms with E-state index < -0.39 is 16.6 Å². The fourth-order valence-electron chi connectivity index (χ4n) is 2.18. The number of aromatic nitrogens is 1. The van der Waals surface area contributed by atoms with Crippen LogP contribution in [-0.2, 0) is 23.2 Å². The number of hydrogen-bond donors (Lipinski definition) is 2. The zero-order valence-corrected chi connectivity index (χ0v) is 16.4. The maximum absolute atomic E-state index is 12.6. The smallest absolute Gasteiger partial charge is 0.258 e. The van der Waals surface area contributed by atoms with Crippen molar-refractivity contribution in [2.75, 3.05) is 14.2 Å². The Kier molecular flexibility index (Phi) is 6.39. The van der Waals surface area contributed by atoms with E-state index in [2.05, 4.69) is 25.6 Å². The van der Waals surface area contributed by atoms with E-state index in [0.29, 0.717) is 27.2 Å². The fourth-order valence-corrected chi connectivity index (χ4v) is 3.75. The Morgan fingerprint density at radius 3 is 2.52 bits per heavy atom. The molecule has 0 amide bonds. The first-order valence-corrected chi connectivity index (χ1v) is 9.57. The van der Waals surface area contributed by atoms with Gasteiger partial charge in [-0.3, -0.25) is 0 Å². The molecule has 0 saturated heterocycles. The number of aliphatic hydroxyl groups excluding tert-OH is 1. The highest BCUT2D eigenvalue weighted by Gasteiger charge is 2.22. The third-order valence-electron chi connectivity index (χ3n) is 3.56. The minimum Gasteiger partial charge on any atom is -0.497 e. The molecule has 0 aliphatic carbocycles. The minimum atomic E-state index is -3.91. The number of aryl methyl sites for hydroxylation is 1. The standard InChI is InChI=1S/C16H19BrN2O5S/c1-10-14(17)6-12(9-20)16(19-10)25(21,22)18-8-11-4-5-13(23-2)7-15(11)24-3/h4-7,18,20H,8-9H2,1-3H3. The van der Waals surface area contributed by atoms with Gasteiger partial charge in [-0.25, -0.2) is 18.1 Å². The molecule has 2 N–H and O–H groups in total. The van der Waals surface area contributed by atoms with E-state index >= 15 is 0 Å². The number of pyridine rings is 1. The van der Waals surface area contributed by atoms with E-state index in [0.717, 1.165) is 0 Å². The molecule has 0 unspecified atom stereocenters. The topological polar surface area (TPSA) is 97.8 Å². The maximum atomic E-state index is 12.6. The monoisotopic (exact) mass is 430 g/mol. The molecule has 0 atom stereocenters. The van der Waals surface area contributed by atoms with E-state index in [4.69, 9.17) is 9.47 Å². The third kappa shape index (κ3) is 4.49. The molecule has 1 heterocycles. The van der Waals surface area contributed by atoms with Crippen LogP contribution in [0.4, 0.5) is 0 Å². The number of rotatable bonds is 7. The molecule has 7 nitrogen and oxygen atoms in total. The summed E-state index contributed by atoms with van der Waals surface area (Å²) in [7, 11) is -0.877. The van der Waals surface area contributed by atoms with Crippen LogP contribution in [0.3, 0.4) is 0 Å². The van der Waals surface area contributed by atoms with Gasteiger partial charge in [0, 0.05) is 28.2 Å². The predicted octanol–water partition coefficient (Wildman–Crippen LogP) is 2.14. The lowest BCUT2D eigenvalue weighted by molar-refractivity contribution is 0.277. The number of ether oxygens (including phenoxy) is 2. The average molecular weight is 431 g/mol. The highest BCUT2D eigenvalue weighted by molar-refractivity contribution is 9.10. The second-order valence-electron chi connectivity index (χ2n) is 5.18. The van der Waals surface area contributed by atoms with Gasteiger partial charge < -0.3 is 14.6 Å². The quantitative estimate of drug-likeness (QED) is 0.697. The minimum absolute atomic E-state index is 0.0111. The second-order valence-corrected chi connectivity index (χ2v) is 7.72. The number of methoxy groups -OCH3 is 2. The first kappa shape index (κ1) is 19.6. The van der Waals surface area contributed by atoms with E-state index in [-0.39, 0.29) is 17.1 Å². The SMILES string of the molecule is COc1ccc(CNS(=O)(=O)c2nc(C)c(Br)cc2CO)c(OC)c1. The number of halogens is 1. The van der Waals surface area contributed by atoms with E-state index in [9.17, 15) is 13.5 Å². The summed E-state index contributed by atoms with van der Waals surface area (Å²) in [5.74, 6) is 1.11. The van der Waals surface area contributed by atoms with Crippen molar-refractivity contribution >= 4 is 26.0 Å². The summed E-state index contributed by atoms with van der Waals surface area (Å²) in [4.78, 5) is 4.09. The van der Waals surface area contributed by atoms with Crippen LogP contribution in [0.5, 0.6) is 11.5 Å². The van der Waals surface area contributed by atoms with Gasteiger partial charge in [-0.15, -0.1) is 0 Å². The predicted molar refractivity (Wildman–Crippen MR) is 96.2 cm³/mol. The average Bonchev–Trinajstić information content (AvgIpc) is 2.61. The Bertz CT molecular complexity index is 871. The van der Waals surface area contributed by atoms with Gasteiger partial charge in [0.15, 0.2) is 5.03 Å². The molecule has 0 saturated carbocycles. The molecule has 0 fully saturated rings. The van der Waals surface area contributed by atoms with Crippen LogP contribution < -0.4 is 14.2 Å². The van der Waals surface area contributed by atoms with Gasteiger partial charge in [0.25, 0.3) is 10.0 Å². The molecule has 2 rings (SSSR count). The summed E-state index contributed by atoms with van der Waals surface area (Å²) >= 11 is 3.28. The van der Waals surface area contributed by atoms with Crippen molar-refractivity contribution in [2.24, 2.45) is 0 Å². The number of hydrogen-bond acceptors (Lipinski definition) is 6. The van der Waals surface area contributed by atoms with E-state index in [1.807, 2.05) is 0 Å². The van der Waals surface area contributed by atoms with Gasteiger partial charge >= 0.3 is 0 Å². The maximum Gasteiger partial charge on any atom is 0.258 e. The lowest BCUT2D eigenvalue weighted by atomic mass is 10.2. The van der Waals surface area contributed by atoms with Crippen LogP contribution in [0.2, 0.25) is 0 Å². The molecule has 1 aromatic heterocycles. The van der Waals surface area contributed by atoms with Gasteiger partial charge in [0.2, 0.25) is 0 Å². The van der Waals surface area contributed by atoms with E-state index in [1.165, 1.54) is 14.2 Å². The molecule has 0 spiro atoms. The Morgan fingerprint density at radius 1 is 1.20 bits per heavy atom. The number of aliphatic hydroxyl groups is 1. The third-order valence-corrected chi connectivity index (χ3v) is 5.75. The van der Waals surface area contributed by atoms with Gasteiger partial charge in [0.05, 0.1) is 26.5 Å². The molecule has 9 heteroatoms. The van der Waals surface area contributed by atoms with Crippen LogP contribution in [-0.4, -0.2) is 32.7 Å². The molecule has 0 bridgehead atoms. The van der Waals surface area contributed by atoms with Crippen molar-refractivity contribution in [3.63, 3.8) is 0 Å². The molecule has 0 radical (unpaired) electrons. The normalized spacial score (nSPS) is 11.4. The van der Waals surface area contributed by atoms with Gasteiger partial charge in [-0.05, 0) is 35.0 Å². The summed E-state index contributed by atoms with van der Waals surface area (Å²) in [6, 6.07) is 6.65. The van der Waals surface area contributed by atoms with Crippen molar-refractivity contribution in [3.8, 4) is 11.5 Å². The Balaban J connectivity index is 2.30. The molecule has 136 valence electrons. The van der Waals surface area contributed by atoms with Crippen molar-refractivity contribution in [1.29, 1.82) is 0 Å². The van der Waals surface area contributed by atoms with Gasteiger partial charge in [-0.1, -0.05) is 6.07 Å². The highest BCUT2D eigenvalue weighted by Crippen LogP contribution is 2.26. The Hall–Kier alpha value is -1.68. The summed E-state index contributed by atoms with van der Waals surface area (Å²) in [6.07, 6.45) is 0. The van der Waals surface area contributed by atoms with Crippen molar-refractivity contribution in [2.45, 2.75) is 25.1 Å². The number of benzene rings is 1. The molecule has 1 aromatic carbocycles. The number of nitrogens with one attached hydrogen (secondary N) is 1. The zero-order chi connectivity index (χ0) is 18.6. The lowest BCUT2D eigenvalue weighted by Gasteiger charge is -2.13. The van der Waals surface area contributed by atoms with Gasteiger partial charge in [-0.2, -0.15) is 0 Å². The van der Waals surface area contributed by atoms with Crippen LogP contribution in [0, 0.1) is 6.92 Å². The molecule has 0 aliphatic heterocycles. The fraction of sp³-hybridized carbons (Fsp3) is 0.312. The molecular weight excluding hydrogens is 412 g/mol. The van der Waals surface area contributed by atoms with Crippen LogP contribution in [0.25, 0.3) is 0 Å². The summed E-state index contributed by atoms with van der Waals surface area (Å²) in [6.45, 7) is 1.25. The lowest BCUT2D eigenvalue weighted by Crippen LogP contribution is -2.26. The van der Waals surface area contributed by atoms with Gasteiger partial charge in [0.1, 0.15) is 11.5 Å².